The van der Waals surface area contributed by atoms with Gasteiger partial charge >= 0.3 is 12.1 Å². The highest BCUT2D eigenvalue weighted by atomic mass is 32.1. The summed E-state index contributed by atoms with van der Waals surface area (Å²) in [4.78, 5) is 54.8. The molecular formula is C27H28N4O4S4. The minimum Gasteiger partial charge on any atom is -0.333 e. The zero-order valence-corrected chi connectivity index (χ0v) is 24.3. The van der Waals surface area contributed by atoms with Crippen molar-refractivity contribution in [3.05, 3.63) is 69.0 Å². The van der Waals surface area contributed by atoms with Crippen molar-refractivity contribution in [3.8, 4) is 19.5 Å². The molecule has 8 nitrogen and oxygen atoms in total. The molecule has 6 amide bonds. The maximum absolute atomic E-state index is 12.0. The van der Waals surface area contributed by atoms with Gasteiger partial charge in [-0.1, -0.05) is 18.6 Å². The Kier molecular flexibility index (Phi) is 10.8. The molecule has 0 aliphatic heterocycles. The van der Waals surface area contributed by atoms with Crippen molar-refractivity contribution in [1.29, 1.82) is 0 Å². The van der Waals surface area contributed by atoms with Crippen molar-refractivity contribution in [2.24, 2.45) is 0 Å². The normalized spacial score (nSPS) is 10.7. The van der Waals surface area contributed by atoms with Gasteiger partial charge in [-0.15, -0.1) is 45.3 Å². The highest BCUT2D eigenvalue weighted by Gasteiger charge is 2.11. The number of hydrogen-bond acceptors (Lipinski definition) is 8. The average Bonchev–Trinajstić information content (AvgIpc) is 3.73. The van der Waals surface area contributed by atoms with E-state index in [9.17, 15) is 19.2 Å². The summed E-state index contributed by atoms with van der Waals surface area (Å²) in [7, 11) is 0. The average molecular weight is 601 g/mol. The number of urea groups is 2. The monoisotopic (exact) mass is 600 g/mol. The molecule has 0 bridgehead atoms. The van der Waals surface area contributed by atoms with Crippen LogP contribution in [0.15, 0.2) is 59.3 Å². The largest absolute Gasteiger partial charge is 0.333 e. The van der Waals surface area contributed by atoms with Crippen molar-refractivity contribution in [1.82, 2.24) is 21.3 Å². The van der Waals surface area contributed by atoms with Crippen molar-refractivity contribution in [2.45, 2.75) is 45.2 Å². The molecule has 0 aliphatic rings. The first-order valence-corrected chi connectivity index (χ1v) is 15.8. The molecule has 0 aliphatic carbocycles. The van der Waals surface area contributed by atoms with Crippen molar-refractivity contribution in [2.75, 3.05) is 0 Å². The Labute approximate surface area is 242 Å². The summed E-state index contributed by atoms with van der Waals surface area (Å²) in [6.45, 7) is 0.697. The molecule has 39 heavy (non-hydrogen) atoms. The fraction of sp³-hybridized carbons (Fsp3) is 0.259. The van der Waals surface area contributed by atoms with Gasteiger partial charge < -0.3 is 10.6 Å². The fourth-order valence-electron chi connectivity index (χ4n) is 3.60. The summed E-state index contributed by atoms with van der Waals surface area (Å²) >= 11 is 6.54. The van der Waals surface area contributed by atoms with Crippen LogP contribution in [0.5, 0.6) is 0 Å². The number of rotatable bonds is 12. The molecule has 4 N–H and O–H groups in total. The van der Waals surface area contributed by atoms with E-state index in [4.69, 9.17) is 0 Å². The predicted molar refractivity (Wildman–Crippen MR) is 159 cm³/mol. The summed E-state index contributed by atoms with van der Waals surface area (Å²) in [5, 5.41) is 14.1. The van der Waals surface area contributed by atoms with E-state index < -0.39 is 12.1 Å². The van der Waals surface area contributed by atoms with Gasteiger partial charge in [-0.2, -0.15) is 0 Å². The minimum atomic E-state index is -0.526. The number of unbranched alkanes of at least 4 members (excludes halogenated alkanes) is 2. The molecule has 204 valence electrons. The van der Waals surface area contributed by atoms with Gasteiger partial charge in [0.2, 0.25) is 11.8 Å². The van der Waals surface area contributed by atoms with Crippen LogP contribution in [0.2, 0.25) is 0 Å². The first kappa shape index (κ1) is 28.7. The van der Waals surface area contributed by atoms with Crippen LogP contribution in [0.4, 0.5) is 9.59 Å². The number of carbonyl (C=O) groups excluding carboxylic acids is 4. The third-order valence-corrected chi connectivity index (χ3v) is 9.81. The molecule has 4 aromatic heterocycles. The summed E-state index contributed by atoms with van der Waals surface area (Å²) in [6.07, 6.45) is 2.08. The third kappa shape index (κ3) is 9.43. The third-order valence-electron chi connectivity index (χ3n) is 5.51. The molecule has 4 aromatic rings. The molecular weight excluding hydrogens is 573 g/mol. The Hall–Kier alpha value is -3.32. The Morgan fingerprint density at radius 1 is 0.564 bits per heavy atom. The van der Waals surface area contributed by atoms with Crippen LogP contribution in [0.25, 0.3) is 19.5 Å². The van der Waals surface area contributed by atoms with Gasteiger partial charge in [0.25, 0.3) is 0 Å². The maximum Gasteiger partial charge on any atom is 0.321 e. The molecule has 0 atom stereocenters. The van der Waals surface area contributed by atoms with E-state index in [1.165, 1.54) is 9.75 Å². The SMILES string of the molecule is O=C(CCCCCC(=O)NC(=O)NCc1ccc(-c2cccs2)s1)NC(=O)NCc1ccc(-c2cccs2)s1. The summed E-state index contributed by atoms with van der Waals surface area (Å²) < 4.78 is 0. The number of thiophene rings is 4. The zero-order chi connectivity index (χ0) is 27.5. The summed E-state index contributed by atoms with van der Waals surface area (Å²) in [6, 6.07) is 15.0. The van der Waals surface area contributed by atoms with Crippen molar-refractivity contribution < 1.29 is 19.2 Å². The highest BCUT2D eigenvalue weighted by Crippen LogP contribution is 2.32. The molecule has 0 spiro atoms. The number of nitrogens with one attached hydrogen (secondary N) is 4. The Morgan fingerprint density at radius 3 is 1.44 bits per heavy atom. The van der Waals surface area contributed by atoms with E-state index >= 15 is 0 Å². The molecule has 0 saturated carbocycles. The number of carbonyl (C=O) groups is 4. The quantitative estimate of drug-likeness (QED) is 0.138. The standard InChI is InChI=1S/C27H28N4O4S4/c32-24(30-26(34)28-16-18-10-12-22(38-18)20-6-4-14-36-20)8-2-1-3-9-25(33)31-27(35)29-17-19-11-13-23(39-19)21-7-5-15-37-21/h4-7,10-15H,1-3,8-9,16-17H2,(H2,28,30,32,34)(H2,29,31,33,35). The van der Waals surface area contributed by atoms with Gasteiger partial charge in [0.1, 0.15) is 0 Å². The first-order chi connectivity index (χ1) is 19.0. The Balaban J connectivity index is 1.02. The fourth-order valence-corrected chi connectivity index (χ4v) is 7.16. The highest BCUT2D eigenvalue weighted by molar-refractivity contribution is 7.21. The van der Waals surface area contributed by atoms with Gasteiger partial charge in [0.15, 0.2) is 0 Å². The molecule has 0 fully saturated rings. The van der Waals surface area contributed by atoms with Crippen LogP contribution in [-0.2, 0) is 22.7 Å². The van der Waals surface area contributed by atoms with Gasteiger partial charge in [-0.3, -0.25) is 20.2 Å². The van der Waals surface area contributed by atoms with Crippen molar-refractivity contribution >= 4 is 69.2 Å². The van der Waals surface area contributed by atoms with E-state index in [1.54, 1.807) is 45.3 Å². The van der Waals surface area contributed by atoms with E-state index in [2.05, 4.69) is 33.4 Å². The van der Waals surface area contributed by atoms with Crippen LogP contribution >= 0.6 is 45.3 Å². The summed E-state index contributed by atoms with van der Waals surface area (Å²) in [5.74, 6) is -0.727. The van der Waals surface area contributed by atoms with Gasteiger partial charge in [0, 0.05) is 42.1 Å². The number of imide groups is 2. The molecule has 4 rings (SSSR count). The zero-order valence-electron chi connectivity index (χ0n) is 21.0. The lowest BCUT2D eigenvalue weighted by Gasteiger charge is -2.07. The van der Waals surface area contributed by atoms with E-state index in [1.807, 2.05) is 47.2 Å². The lowest BCUT2D eigenvalue weighted by Crippen LogP contribution is -2.39. The van der Waals surface area contributed by atoms with Gasteiger partial charge in [0.05, 0.1) is 13.1 Å². The van der Waals surface area contributed by atoms with Crippen molar-refractivity contribution in [3.63, 3.8) is 0 Å². The van der Waals surface area contributed by atoms with E-state index in [-0.39, 0.29) is 24.7 Å². The number of amides is 6. The lowest BCUT2D eigenvalue weighted by molar-refractivity contribution is -0.120. The summed E-state index contributed by atoms with van der Waals surface area (Å²) in [5.41, 5.74) is 0. The van der Waals surface area contributed by atoms with Crippen LogP contribution in [-0.4, -0.2) is 23.9 Å². The van der Waals surface area contributed by atoms with Gasteiger partial charge in [-0.05, 0) is 60.0 Å². The van der Waals surface area contributed by atoms with Crippen LogP contribution in [0, 0.1) is 0 Å². The molecule has 0 unspecified atom stereocenters. The smallest absolute Gasteiger partial charge is 0.321 e. The molecule has 12 heteroatoms. The van der Waals surface area contributed by atoms with Crippen LogP contribution in [0.3, 0.4) is 0 Å². The second-order valence-electron chi connectivity index (χ2n) is 8.51. The molecule has 4 heterocycles. The maximum atomic E-state index is 12.0. The molecule has 0 saturated heterocycles. The van der Waals surface area contributed by atoms with E-state index in [0.29, 0.717) is 32.4 Å². The first-order valence-electron chi connectivity index (χ1n) is 12.4. The second-order valence-corrected chi connectivity index (χ2v) is 12.7. The van der Waals surface area contributed by atoms with E-state index in [0.717, 1.165) is 19.5 Å². The minimum absolute atomic E-state index is 0.186. The lowest BCUT2D eigenvalue weighted by atomic mass is 10.1. The van der Waals surface area contributed by atoms with Crippen LogP contribution < -0.4 is 21.3 Å². The Bertz CT molecular complexity index is 1270. The van der Waals surface area contributed by atoms with Crippen LogP contribution in [0.1, 0.15) is 41.9 Å². The molecule has 0 radical (unpaired) electrons. The Morgan fingerprint density at radius 2 is 1.03 bits per heavy atom. The predicted octanol–water partition coefficient (Wildman–Crippen LogP) is 6.57. The topological polar surface area (TPSA) is 116 Å². The number of hydrogen-bond donors (Lipinski definition) is 4. The second kappa shape index (κ2) is 14.7. The molecule has 0 aromatic carbocycles. The van der Waals surface area contributed by atoms with Gasteiger partial charge in [-0.25, -0.2) is 9.59 Å².